The van der Waals surface area contributed by atoms with Gasteiger partial charge < -0.3 is 14.8 Å². The minimum atomic E-state index is -0.315. The maximum Gasteiger partial charge on any atom is 0.260 e. The van der Waals surface area contributed by atoms with Crippen molar-refractivity contribution in [2.24, 2.45) is 0 Å². The molecule has 0 bridgehead atoms. The van der Waals surface area contributed by atoms with E-state index in [1.165, 1.54) is 5.56 Å². The summed E-state index contributed by atoms with van der Waals surface area (Å²) in [5.41, 5.74) is 1.12. The second kappa shape index (κ2) is 8.12. The van der Waals surface area contributed by atoms with E-state index >= 15 is 0 Å². The number of H-pyrrole nitrogens is 1. The van der Waals surface area contributed by atoms with E-state index in [4.69, 9.17) is 0 Å². The highest BCUT2D eigenvalue weighted by atomic mass is 16.2. The summed E-state index contributed by atoms with van der Waals surface area (Å²) in [5, 5.41) is 0. The Bertz CT molecular complexity index is 749. The van der Waals surface area contributed by atoms with Crippen molar-refractivity contribution in [3.05, 3.63) is 70.1 Å². The van der Waals surface area contributed by atoms with Crippen LogP contribution in [0.25, 0.3) is 0 Å². The quantitative estimate of drug-likeness (QED) is 0.908. The lowest BCUT2D eigenvalue weighted by atomic mass is 10.0. The van der Waals surface area contributed by atoms with Crippen LogP contribution in [-0.2, 0) is 6.42 Å². The van der Waals surface area contributed by atoms with Gasteiger partial charge in [0, 0.05) is 18.8 Å². The lowest BCUT2D eigenvalue weighted by Gasteiger charge is -2.37. The molecule has 1 aliphatic rings. The Morgan fingerprint density at radius 3 is 2.56 bits per heavy atom. The molecule has 2 heterocycles. The first kappa shape index (κ1) is 17.4. The molecule has 0 spiro atoms. The molecule has 0 radical (unpaired) electrons. The van der Waals surface area contributed by atoms with Gasteiger partial charge >= 0.3 is 0 Å². The number of benzene rings is 1. The molecule has 1 amide bonds. The smallest absolute Gasteiger partial charge is 0.260 e. The zero-order valence-corrected chi connectivity index (χ0v) is 14.6. The van der Waals surface area contributed by atoms with Gasteiger partial charge in [-0.25, -0.2) is 0 Å². The second-order valence-electron chi connectivity index (χ2n) is 6.68. The number of likely N-dealkylation sites (tertiary alicyclic amines) is 1. The first-order valence-corrected chi connectivity index (χ1v) is 8.86. The molecule has 2 aromatic rings. The third kappa shape index (κ3) is 4.37. The highest BCUT2D eigenvalue weighted by Crippen LogP contribution is 2.18. The molecule has 1 aromatic carbocycles. The monoisotopic (exact) mass is 339 g/mol. The van der Waals surface area contributed by atoms with Crippen molar-refractivity contribution in [2.45, 2.75) is 25.3 Å². The zero-order chi connectivity index (χ0) is 17.6. The number of aromatic nitrogens is 1. The Labute approximate surface area is 148 Å². The summed E-state index contributed by atoms with van der Waals surface area (Å²) in [4.78, 5) is 31.9. The molecule has 25 heavy (non-hydrogen) atoms. The maximum atomic E-state index is 13.1. The fourth-order valence-corrected chi connectivity index (χ4v) is 3.40. The normalized spacial score (nSPS) is 15.9. The first-order chi connectivity index (χ1) is 12.1. The van der Waals surface area contributed by atoms with Gasteiger partial charge in [-0.3, -0.25) is 9.59 Å². The van der Waals surface area contributed by atoms with Crippen LogP contribution in [0.15, 0.2) is 53.5 Å². The van der Waals surface area contributed by atoms with Gasteiger partial charge in [-0.05, 0) is 57.1 Å². The van der Waals surface area contributed by atoms with Gasteiger partial charge in [0.2, 0.25) is 0 Å². The Kier molecular flexibility index (Phi) is 5.66. The lowest BCUT2D eigenvalue weighted by molar-refractivity contribution is 0.0592. The molecular weight excluding hydrogens is 314 g/mol. The van der Waals surface area contributed by atoms with Gasteiger partial charge in [0.1, 0.15) is 5.56 Å². The third-order valence-corrected chi connectivity index (χ3v) is 4.92. The molecule has 0 aliphatic carbocycles. The number of hydrogen-bond donors (Lipinski definition) is 1. The fourth-order valence-electron chi connectivity index (χ4n) is 3.40. The van der Waals surface area contributed by atoms with Gasteiger partial charge in [-0.2, -0.15) is 0 Å². The molecule has 3 rings (SSSR count). The summed E-state index contributed by atoms with van der Waals surface area (Å²) in [7, 11) is 2.11. The van der Waals surface area contributed by atoms with Crippen molar-refractivity contribution in [3.63, 3.8) is 0 Å². The van der Waals surface area contributed by atoms with E-state index in [-0.39, 0.29) is 23.1 Å². The summed E-state index contributed by atoms with van der Waals surface area (Å²) in [6, 6.07) is 13.7. The van der Waals surface area contributed by atoms with Gasteiger partial charge in [-0.1, -0.05) is 30.3 Å². The van der Waals surface area contributed by atoms with Crippen molar-refractivity contribution in [1.82, 2.24) is 14.8 Å². The molecule has 1 fully saturated rings. The van der Waals surface area contributed by atoms with Gasteiger partial charge in [0.05, 0.1) is 0 Å². The summed E-state index contributed by atoms with van der Waals surface area (Å²) >= 11 is 0. The van der Waals surface area contributed by atoms with Gasteiger partial charge in [-0.15, -0.1) is 0 Å². The number of carbonyl (C=O) groups is 1. The third-order valence-electron chi connectivity index (χ3n) is 4.92. The van der Waals surface area contributed by atoms with Gasteiger partial charge in [0.25, 0.3) is 11.5 Å². The average Bonchev–Trinajstić information content (AvgIpc) is 2.64. The number of pyridine rings is 1. The zero-order valence-electron chi connectivity index (χ0n) is 14.6. The molecule has 1 aliphatic heterocycles. The van der Waals surface area contributed by atoms with Crippen molar-refractivity contribution in [1.29, 1.82) is 0 Å². The van der Waals surface area contributed by atoms with Crippen LogP contribution < -0.4 is 5.56 Å². The van der Waals surface area contributed by atoms with Crippen molar-refractivity contribution in [2.75, 3.05) is 26.7 Å². The predicted molar refractivity (Wildman–Crippen MR) is 98.8 cm³/mol. The maximum absolute atomic E-state index is 13.1. The van der Waals surface area contributed by atoms with Crippen molar-refractivity contribution >= 4 is 5.91 Å². The van der Waals surface area contributed by atoms with Crippen LogP contribution in [-0.4, -0.2) is 53.4 Å². The highest BCUT2D eigenvalue weighted by molar-refractivity contribution is 5.94. The van der Waals surface area contributed by atoms with E-state index < -0.39 is 0 Å². The standard InChI is InChI=1S/C20H25N3O2/c1-22-13-10-17(11-14-22)23(15-9-16-6-3-2-4-7-16)20(25)18-8-5-12-21-19(18)24/h2-8,12,17H,9-11,13-15H2,1H3,(H,21,24). The fraction of sp³-hybridized carbons (Fsp3) is 0.400. The minimum absolute atomic E-state index is 0.160. The number of rotatable bonds is 5. The Morgan fingerprint density at radius 1 is 1.16 bits per heavy atom. The van der Waals surface area contributed by atoms with E-state index in [0.29, 0.717) is 6.54 Å². The number of hydrogen-bond acceptors (Lipinski definition) is 3. The Balaban J connectivity index is 1.79. The van der Waals surface area contributed by atoms with Crippen molar-refractivity contribution in [3.8, 4) is 0 Å². The van der Waals surface area contributed by atoms with E-state index in [1.807, 2.05) is 23.1 Å². The lowest BCUT2D eigenvalue weighted by Crippen LogP contribution is -2.48. The van der Waals surface area contributed by atoms with Crippen LogP contribution >= 0.6 is 0 Å². The molecule has 5 heteroatoms. The van der Waals surface area contributed by atoms with Gasteiger partial charge in [0.15, 0.2) is 0 Å². The average molecular weight is 339 g/mol. The van der Waals surface area contributed by atoms with Crippen LogP contribution in [0, 0.1) is 0 Å². The molecule has 0 unspecified atom stereocenters. The highest BCUT2D eigenvalue weighted by Gasteiger charge is 2.28. The van der Waals surface area contributed by atoms with Crippen molar-refractivity contribution < 1.29 is 4.79 Å². The van der Waals surface area contributed by atoms with Crippen LogP contribution in [0.5, 0.6) is 0 Å². The Morgan fingerprint density at radius 2 is 1.88 bits per heavy atom. The summed E-state index contributed by atoms with van der Waals surface area (Å²) in [6.45, 7) is 2.58. The van der Waals surface area contributed by atoms with E-state index in [0.717, 1.165) is 32.4 Å². The van der Waals surface area contributed by atoms with Crippen LogP contribution in [0.1, 0.15) is 28.8 Å². The van der Waals surface area contributed by atoms with E-state index in [9.17, 15) is 9.59 Å². The molecule has 1 saturated heterocycles. The molecule has 5 nitrogen and oxygen atoms in total. The summed E-state index contributed by atoms with van der Waals surface area (Å²) in [5.74, 6) is -0.160. The van der Waals surface area contributed by atoms with Crippen LogP contribution in [0.2, 0.25) is 0 Å². The number of aromatic amines is 1. The molecule has 0 atom stereocenters. The molecule has 1 aromatic heterocycles. The largest absolute Gasteiger partial charge is 0.335 e. The number of nitrogens with one attached hydrogen (secondary N) is 1. The molecule has 1 N–H and O–H groups in total. The minimum Gasteiger partial charge on any atom is -0.335 e. The molecular formula is C20H25N3O2. The topological polar surface area (TPSA) is 56.4 Å². The van der Waals surface area contributed by atoms with E-state index in [1.54, 1.807) is 18.3 Å². The van der Waals surface area contributed by atoms with E-state index in [2.05, 4.69) is 29.1 Å². The Hall–Kier alpha value is -2.40. The van der Waals surface area contributed by atoms with Crippen LogP contribution in [0.4, 0.5) is 0 Å². The predicted octanol–water partition coefficient (Wildman–Crippen LogP) is 2.15. The second-order valence-corrected chi connectivity index (χ2v) is 6.68. The SMILES string of the molecule is CN1CCC(N(CCc2ccccc2)C(=O)c2ccc[nH]c2=O)CC1. The van der Waals surface area contributed by atoms with Crippen LogP contribution in [0.3, 0.4) is 0 Å². The molecule has 132 valence electrons. The summed E-state index contributed by atoms with van der Waals surface area (Å²) in [6.07, 6.45) is 4.25. The molecule has 0 saturated carbocycles. The number of nitrogens with zero attached hydrogens (tertiary/aromatic N) is 2. The number of amides is 1. The number of carbonyl (C=O) groups excluding carboxylic acids is 1. The summed E-state index contributed by atoms with van der Waals surface area (Å²) < 4.78 is 0. The number of piperidine rings is 1. The first-order valence-electron chi connectivity index (χ1n) is 8.86.